The highest BCUT2D eigenvalue weighted by Crippen LogP contribution is 2.36. The highest BCUT2D eigenvalue weighted by Gasteiger charge is 2.26. The summed E-state index contributed by atoms with van der Waals surface area (Å²) in [5.41, 5.74) is 7.84. The van der Waals surface area contributed by atoms with Gasteiger partial charge in [-0.15, -0.1) is 0 Å². The van der Waals surface area contributed by atoms with Crippen molar-refractivity contribution < 1.29 is 0 Å². The molecule has 3 heterocycles. The molecule has 2 radical (unpaired) electrons. The number of benzene rings is 1. The van der Waals surface area contributed by atoms with Crippen LogP contribution in [0.1, 0.15) is 60.8 Å². The normalized spacial score (nSPS) is 15.3. The maximum absolute atomic E-state index is 6.10. The molecule has 0 aliphatic carbocycles. The van der Waals surface area contributed by atoms with Crippen LogP contribution in [0.2, 0.25) is 0 Å². The van der Waals surface area contributed by atoms with Crippen LogP contribution in [-0.2, 0) is 0 Å². The van der Waals surface area contributed by atoms with E-state index < -0.39 is 0 Å². The van der Waals surface area contributed by atoms with Crippen molar-refractivity contribution in [2.75, 3.05) is 18.0 Å². The quantitative estimate of drug-likeness (QED) is 0.592. The fourth-order valence-electron chi connectivity index (χ4n) is 5.23. The van der Waals surface area contributed by atoms with E-state index in [-0.39, 0.29) is 0 Å². The van der Waals surface area contributed by atoms with Crippen molar-refractivity contribution in [3.8, 4) is 5.69 Å². The molecule has 1 aromatic carbocycles. The summed E-state index contributed by atoms with van der Waals surface area (Å²) < 4.78 is 2.32. The molecule has 0 N–H and O–H groups in total. The molecular formula is C25H33BN4. The summed E-state index contributed by atoms with van der Waals surface area (Å²) in [6.45, 7) is 15.1. The molecule has 1 aliphatic rings. The van der Waals surface area contributed by atoms with Crippen LogP contribution in [-0.4, -0.2) is 35.5 Å². The molecule has 2 aromatic heterocycles. The molecule has 4 rings (SSSR count). The van der Waals surface area contributed by atoms with Gasteiger partial charge in [-0.2, -0.15) is 0 Å². The summed E-state index contributed by atoms with van der Waals surface area (Å²) in [5.74, 6) is 2.80. The molecule has 0 saturated carbocycles. The highest BCUT2D eigenvalue weighted by molar-refractivity contribution is 6.32. The molecule has 1 aliphatic heterocycles. The van der Waals surface area contributed by atoms with E-state index in [9.17, 15) is 0 Å². The average molecular weight is 400 g/mol. The van der Waals surface area contributed by atoms with E-state index in [2.05, 4.69) is 56.2 Å². The maximum atomic E-state index is 6.10. The van der Waals surface area contributed by atoms with Crippen molar-refractivity contribution in [2.24, 2.45) is 5.92 Å². The minimum atomic E-state index is 0.807. The fourth-order valence-corrected chi connectivity index (χ4v) is 5.23. The van der Waals surface area contributed by atoms with Gasteiger partial charge in [-0.25, -0.2) is 9.97 Å². The summed E-state index contributed by atoms with van der Waals surface area (Å²) >= 11 is 0. The third-order valence-corrected chi connectivity index (χ3v) is 6.80. The summed E-state index contributed by atoms with van der Waals surface area (Å²) in [6, 6.07) is 4.10. The molecule has 0 bridgehead atoms. The molecule has 1 saturated heterocycles. The van der Waals surface area contributed by atoms with Gasteiger partial charge >= 0.3 is 0 Å². The van der Waals surface area contributed by atoms with E-state index in [1.165, 1.54) is 59.1 Å². The second kappa shape index (κ2) is 8.09. The zero-order chi connectivity index (χ0) is 21.6. The minimum Gasteiger partial charge on any atom is -0.356 e. The van der Waals surface area contributed by atoms with Gasteiger partial charge in [0.1, 0.15) is 19.5 Å². The second-order valence-corrected chi connectivity index (χ2v) is 9.06. The first-order chi connectivity index (χ1) is 14.3. The lowest BCUT2D eigenvalue weighted by Gasteiger charge is -2.33. The topological polar surface area (TPSA) is 34.0 Å². The Kier molecular flexibility index (Phi) is 5.65. The number of piperidine rings is 1. The van der Waals surface area contributed by atoms with Crippen LogP contribution in [0, 0.1) is 40.5 Å². The number of aryl methyl sites for hydroxylation is 4. The van der Waals surface area contributed by atoms with Gasteiger partial charge in [-0.1, -0.05) is 37.4 Å². The van der Waals surface area contributed by atoms with Gasteiger partial charge in [-0.3, -0.25) is 4.57 Å². The van der Waals surface area contributed by atoms with Crippen LogP contribution in [0.25, 0.3) is 16.7 Å². The Morgan fingerprint density at radius 3 is 2.23 bits per heavy atom. The van der Waals surface area contributed by atoms with Crippen molar-refractivity contribution >= 4 is 30.2 Å². The first-order valence-corrected chi connectivity index (χ1v) is 11.3. The second-order valence-electron chi connectivity index (χ2n) is 9.06. The van der Waals surface area contributed by atoms with Gasteiger partial charge in [0.25, 0.3) is 0 Å². The molecule has 3 aromatic rings. The highest BCUT2D eigenvalue weighted by atomic mass is 15.2. The number of nitrogens with zero attached hydrogens (tertiary/aromatic N) is 4. The number of rotatable bonds is 4. The number of fused-ring (bicyclic) bond motifs is 1. The Labute approximate surface area is 182 Å². The van der Waals surface area contributed by atoms with Gasteiger partial charge in [0.15, 0.2) is 5.65 Å². The number of anilines is 1. The lowest BCUT2D eigenvalue weighted by atomic mass is 9.91. The van der Waals surface area contributed by atoms with E-state index >= 15 is 0 Å². The number of hydrogen-bond acceptors (Lipinski definition) is 3. The van der Waals surface area contributed by atoms with Crippen LogP contribution in [0.3, 0.4) is 0 Å². The zero-order valence-electron chi connectivity index (χ0n) is 19.3. The molecule has 4 nitrogen and oxygen atoms in total. The van der Waals surface area contributed by atoms with Crippen molar-refractivity contribution in [1.82, 2.24) is 14.5 Å². The van der Waals surface area contributed by atoms with Crippen molar-refractivity contribution in [3.05, 3.63) is 40.3 Å². The first-order valence-electron chi connectivity index (χ1n) is 11.3. The molecular weight excluding hydrogens is 367 g/mol. The van der Waals surface area contributed by atoms with Crippen LogP contribution in [0.15, 0.2) is 12.1 Å². The summed E-state index contributed by atoms with van der Waals surface area (Å²) in [7, 11) is 6.10. The average Bonchev–Trinajstić information content (AvgIpc) is 2.92. The summed E-state index contributed by atoms with van der Waals surface area (Å²) in [4.78, 5) is 12.4. The van der Waals surface area contributed by atoms with E-state index in [0.29, 0.717) is 0 Å². The van der Waals surface area contributed by atoms with Crippen LogP contribution in [0.4, 0.5) is 5.82 Å². The number of hydrogen-bond donors (Lipinski definition) is 0. The predicted molar refractivity (Wildman–Crippen MR) is 128 cm³/mol. The first kappa shape index (κ1) is 21.0. The molecule has 0 spiro atoms. The van der Waals surface area contributed by atoms with E-state index in [4.69, 9.17) is 17.8 Å². The van der Waals surface area contributed by atoms with Crippen molar-refractivity contribution in [2.45, 2.75) is 67.2 Å². The predicted octanol–water partition coefficient (Wildman–Crippen LogP) is 4.77. The van der Waals surface area contributed by atoms with Gasteiger partial charge in [0.05, 0.1) is 11.1 Å². The fraction of sp³-hybridized carbons (Fsp3) is 0.520. The van der Waals surface area contributed by atoms with Crippen LogP contribution in [0.5, 0.6) is 0 Å². The monoisotopic (exact) mass is 400 g/mol. The molecule has 0 amide bonds. The smallest absolute Gasteiger partial charge is 0.150 e. The standard InChI is InChI=1S/C25H33BN4/c1-7-8-20-9-11-29(12-10-20)24-22-17(4)18(5)30(25(22)28-19(6)27-24)23-15(2)13-21(26)14-16(23)3/h13-14,20H,7-12H2,1-6H3. The Bertz CT molecular complexity index is 1070. The van der Waals surface area contributed by atoms with Gasteiger partial charge < -0.3 is 4.90 Å². The third kappa shape index (κ3) is 3.53. The SMILES string of the molecule is [B]c1cc(C)c(-n2c(C)c(C)c3c(N4CCC(CCC)CC4)nc(C)nc32)c(C)c1. The van der Waals surface area contributed by atoms with Crippen LogP contribution >= 0.6 is 0 Å². The summed E-state index contributed by atoms with van der Waals surface area (Å²) in [6.07, 6.45) is 5.14. The zero-order valence-corrected chi connectivity index (χ0v) is 19.3. The van der Waals surface area contributed by atoms with E-state index in [1.54, 1.807) is 0 Å². The Morgan fingerprint density at radius 2 is 1.63 bits per heavy atom. The summed E-state index contributed by atoms with van der Waals surface area (Å²) in [5, 5.41) is 1.20. The molecule has 30 heavy (non-hydrogen) atoms. The lowest BCUT2D eigenvalue weighted by Crippen LogP contribution is -2.34. The third-order valence-electron chi connectivity index (χ3n) is 6.80. The van der Waals surface area contributed by atoms with E-state index in [0.717, 1.165) is 41.8 Å². The van der Waals surface area contributed by atoms with Gasteiger partial charge in [-0.05, 0) is 70.1 Å². The maximum Gasteiger partial charge on any atom is 0.150 e. The minimum absolute atomic E-state index is 0.807. The lowest BCUT2D eigenvalue weighted by molar-refractivity contribution is 0.377. The molecule has 0 atom stereocenters. The Morgan fingerprint density at radius 1 is 1.00 bits per heavy atom. The molecule has 156 valence electrons. The van der Waals surface area contributed by atoms with Crippen LogP contribution < -0.4 is 10.4 Å². The molecule has 5 heteroatoms. The van der Waals surface area contributed by atoms with Crippen molar-refractivity contribution in [1.29, 1.82) is 0 Å². The largest absolute Gasteiger partial charge is 0.356 e. The molecule has 1 fully saturated rings. The van der Waals surface area contributed by atoms with Crippen molar-refractivity contribution in [3.63, 3.8) is 0 Å². The molecule has 0 unspecified atom stereocenters. The number of aromatic nitrogens is 3. The Balaban J connectivity index is 1.88. The van der Waals surface area contributed by atoms with E-state index in [1.807, 2.05) is 6.92 Å². The van der Waals surface area contributed by atoms with Gasteiger partial charge in [0, 0.05) is 18.8 Å². The Hall–Kier alpha value is -2.30. The van der Waals surface area contributed by atoms with Gasteiger partial charge in [0.2, 0.25) is 0 Å².